The summed E-state index contributed by atoms with van der Waals surface area (Å²) >= 11 is 0. The van der Waals surface area contributed by atoms with Crippen LogP contribution in [-0.2, 0) is 6.54 Å². The maximum atomic E-state index is 14.1. The second kappa shape index (κ2) is 6.30. The predicted molar refractivity (Wildman–Crippen MR) is 88.8 cm³/mol. The minimum absolute atomic E-state index is 0.0809. The zero-order chi connectivity index (χ0) is 16.4. The van der Waals surface area contributed by atoms with Gasteiger partial charge in [-0.25, -0.2) is 8.78 Å². The monoisotopic (exact) mass is 313 g/mol. The van der Waals surface area contributed by atoms with Crippen LogP contribution in [0.5, 0.6) is 0 Å². The lowest BCUT2D eigenvalue weighted by Crippen LogP contribution is -2.13. The third-order valence-corrected chi connectivity index (χ3v) is 3.57. The van der Waals surface area contributed by atoms with Gasteiger partial charge in [0.2, 0.25) is 0 Å². The molecule has 1 heterocycles. The van der Waals surface area contributed by atoms with Gasteiger partial charge in [-0.2, -0.15) is 5.10 Å². The molecule has 3 aromatic rings. The summed E-state index contributed by atoms with van der Waals surface area (Å²) < 4.78 is 28.1. The van der Waals surface area contributed by atoms with Crippen molar-refractivity contribution < 1.29 is 8.78 Å². The molecule has 3 nitrogen and oxygen atoms in total. The number of benzene rings is 2. The SMILES string of the molecule is CN(C)Cc1c(F)cc(/C=C/c2n[nH]c3ccccc23)cc1F. The standard InChI is InChI=1S/C18H17F2N3/c1-23(2)11-14-15(19)9-12(10-16(14)20)7-8-18-13-5-3-4-6-17(13)21-22-18/h3-10H,11H2,1-2H3,(H,21,22)/b8-7+. The first-order chi connectivity index (χ1) is 11.0. The normalized spacial score (nSPS) is 11.9. The van der Waals surface area contributed by atoms with E-state index in [1.165, 1.54) is 12.1 Å². The molecule has 5 heteroatoms. The highest BCUT2D eigenvalue weighted by molar-refractivity contribution is 5.89. The number of fused-ring (bicyclic) bond motifs is 1. The highest BCUT2D eigenvalue weighted by Crippen LogP contribution is 2.20. The molecule has 0 saturated carbocycles. The van der Waals surface area contributed by atoms with E-state index in [-0.39, 0.29) is 12.1 Å². The first kappa shape index (κ1) is 15.4. The van der Waals surface area contributed by atoms with Crippen molar-refractivity contribution in [1.82, 2.24) is 15.1 Å². The van der Waals surface area contributed by atoms with Gasteiger partial charge in [0.1, 0.15) is 11.6 Å². The summed E-state index contributed by atoms with van der Waals surface area (Å²) in [4.78, 5) is 1.73. The van der Waals surface area contributed by atoms with Crippen molar-refractivity contribution in [3.05, 3.63) is 64.9 Å². The van der Waals surface area contributed by atoms with E-state index in [0.29, 0.717) is 5.56 Å². The number of nitrogens with zero attached hydrogens (tertiary/aromatic N) is 2. The molecule has 2 aromatic carbocycles. The van der Waals surface area contributed by atoms with Gasteiger partial charge in [0.25, 0.3) is 0 Å². The lowest BCUT2D eigenvalue weighted by Gasteiger charge is -2.12. The van der Waals surface area contributed by atoms with E-state index in [1.807, 2.05) is 24.3 Å². The predicted octanol–water partition coefficient (Wildman–Crippen LogP) is 4.07. The molecule has 0 spiro atoms. The fraction of sp³-hybridized carbons (Fsp3) is 0.167. The summed E-state index contributed by atoms with van der Waals surface area (Å²) in [6.07, 6.45) is 3.41. The lowest BCUT2D eigenvalue weighted by atomic mass is 10.1. The molecular weight excluding hydrogens is 296 g/mol. The molecule has 0 saturated heterocycles. The van der Waals surface area contributed by atoms with Crippen LogP contribution in [0.1, 0.15) is 16.8 Å². The lowest BCUT2D eigenvalue weighted by molar-refractivity contribution is 0.380. The Morgan fingerprint density at radius 2 is 1.78 bits per heavy atom. The van der Waals surface area contributed by atoms with Crippen molar-refractivity contribution >= 4 is 23.1 Å². The number of aromatic nitrogens is 2. The van der Waals surface area contributed by atoms with E-state index < -0.39 is 11.6 Å². The maximum Gasteiger partial charge on any atom is 0.131 e. The first-order valence-corrected chi connectivity index (χ1v) is 7.28. The third-order valence-electron chi connectivity index (χ3n) is 3.57. The second-order valence-electron chi connectivity index (χ2n) is 5.69. The molecule has 0 atom stereocenters. The van der Waals surface area contributed by atoms with Crippen molar-refractivity contribution in [3.63, 3.8) is 0 Å². The molecule has 0 fully saturated rings. The van der Waals surface area contributed by atoms with Gasteiger partial charge in [0.05, 0.1) is 11.2 Å². The molecule has 1 aromatic heterocycles. The smallest absolute Gasteiger partial charge is 0.131 e. The Bertz CT molecular complexity index is 843. The minimum Gasteiger partial charge on any atom is -0.305 e. The van der Waals surface area contributed by atoms with E-state index in [2.05, 4.69) is 10.2 Å². The van der Waals surface area contributed by atoms with Crippen LogP contribution in [0.2, 0.25) is 0 Å². The van der Waals surface area contributed by atoms with Crippen LogP contribution in [0, 0.1) is 11.6 Å². The molecule has 118 valence electrons. The fourth-order valence-electron chi connectivity index (χ4n) is 2.47. The van der Waals surface area contributed by atoms with E-state index in [1.54, 1.807) is 31.1 Å². The average Bonchev–Trinajstić information content (AvgIpc) is 2.92. The van der Waals surface area contributed by atoms with Gasteiger partial charge in [0, 0.05) is 17.5 Å². The largest absolute Gasteiger partial charge is 0.305 e. The van der Waals surface area contributed by atoms with Crippen molar-refractivity contribution in [2.24, 2.45) is 0 Å². The Kier molecular flexibility index (Phi) is 4.21. The topological polar surface area (TPSA) is 31.9 Å². The molecule has 0 aliphatic rings. The summed E-state index contributed by atoms with van der Waals surface area (Å²) in [5, 5.41) is 8.10. The van der Waals surface area contributed by atoms with Crippen molar-refractivity contribution in [2.45, 2.75) is 6.54 Å². The average molecular weight is 313 g/mol. The van der Waals surface area contributed by atoms with E-state index in [4.69, 9.17) is 0 Å². The molecule has 0 unspecified atom stereocenters. The summed E-state index contributed by atoms with van der Waals surface area (Å²) in [6, 6.07) is 10.4. The van der Waals surface area contributed by atoms with Crippen LogP contribution in [0.4, 0.5) is 8.78 Å². The van der Waals surface area contributed by atoms with Gasteiger partial charge in [-0.3, -0.25) is 5.10 Å². The Balaban J connectivity index is 1.91. The number of aromatic amines is 1. The van der Waals surface area contributed by atoms with Crippen LogP contribution >= 0.6 is 0 Å². The Hall–Kier alpha value is -2.53. The van der Waals surface area contributed by atoms with Gasteiger partial charge >= 0.3 is 0 Å². The van der Waals surface area contributed by atoms with E-state index in [9.17, 15) is 8.78 Å². The van der Waals surface area contributed by atoms with Crippen LogP contribution in [-0.4, -0.2) is 29.2 Å². The first-order valence-electron chi connectivity index (χ1n) is 7.28. The molecule has 0 aliphatic carbocycles. The Labute approximate surface area is 133 Å². The van der Waals surface area contributed by atoms with Gasteiger partial charge in [0.15, 0.2) is 0 Å². The van der Waals surface area contributed by atoms with Crippen molar-refractivity contribution in [1.29, 1.82) is 0 Å². The number of para-hydroxylation sites is 1. The van der Waals surface area contributed by atoms with Crippen LogP contribution < -0.4 is 0 Å². The highest BCUT2D eigenvalue weighted by Gasteiger charge is 2.11. The number of hydrogen-bond donors (Lipinski definition) is 1. The third kappa shape index (κ3) is 3.29. The summed E-state index contributed by atoms with van der Waals surface area (Å²) in [5.74, 6) is -1.07. The zero-order valence-electron chi connectivity index (χ0n) is 13.0. The molecule has 23 heavy (non-hydrogen) atoms. The number of rotatable bonds is 4. The second-order valence-corrected chi connectivity index (χ2v) is 5.69. The number of hydrogen-bond acceptors (Lipinski definition) is 2. The fourth-order valence-corrected chi connectivity index (χ4v) is 2.47. The number of H-pyrrole nitrogens is 1. The van der Waals surface area contributed by atoms with Crippen molar-refractivity contribution in [3.8, 4) is 0 Å². The van der Waals surface area contributed by atoms with Gasteiger partial charge in [-0.1, -0.05) is 24.3 Å². The van der Waals surface area contributed by atoms with Gasteiger partial charge < -0.3 is 4.90 Å². The summed E-state index contributed by atoms with van der Waals surface area (Å²) in [7, 11) is 3.55. The minimum atomic E-state index is -0.537. The Morgan fingerprint density at radius 1 is 1.09 bits per heavy atom. The molecule has 0 radical (unpaired) electrons. The van der Waals surface area contributed by atoms with Gasteiger partial charge in [-0.15, -0.1) is 0 Å². The van der Waals surface area contributed by atoms with Crippen LogP contribution in [0.15, 0.2) is 36.4 Å². The summed E-state index contributed by atoms with van der Waals surface area (Å²) in [6.45, 7) is 0.228. The summed E-state index contributed by atoms with van der Waals surface area (Å²) in [5.41, 5.74) is 2.21. The van der Waals surface area contributed by atoms with Crippen molar-refractivity contribution in [2.75, 3.05) is 14.1 Å². The van der Waals surface area contributed by atoms with Gasteiger partial charge in [-0.05, 0) is 43.9 Å². The molecule has 0 amide bonds. The van der Waals surface area contributed by atoms with Crippen LogP contribution in [0.25, 0.3) is 23.1 Å². The Morgan fingerprint density at radius 3 is 2.48 bits per heavy atom. The number of halogens is 2. The highest BCUT2D eigenvalue weighted by atomic mass is 19.1. The molecule has 1 N–H and O–H groups in total. The van der Waals surface area contributed by atoms with E-state index >= 15 is 0 Å². The zero-order valence-corrected chi connectivity index (χ0v) is 13.0. The molecular formula is C18H17F2N3. The number of nitrogens with one attached hydrogen (secondary N) is 1. The van der Waals surface area contributed by atoms with Crippen LogP contribution in [0.3, 0.4) is 0 Å². The molecule has 0 aliphatic heterocycles. The van der Waals surface area contributed by atoms with E-state index in [0.717, 1.165) is 16.6 Å². The molecule has 0 bridgehead atoms. The maximum absolute atomic E-state index is 14.1. The molecule has 3 rings (SSSR count). The quantitative estimate of drug-likeness (QED) is 0.787.